The Morgan fingerprint density at radius 2 is 1.91 bits per heavy atom. The molecule has 35 heavy (non-hydrogen) atoms. The number of aliphatic imine (C=N–C) groups is 1. The number of benzene rings is 2. The van der Waals surface area contributed by atoms with E-state index in [0.29, 0.717) is 28.7 Å². The number of halogens is 2. The van der Waals surface area contributed by atoms with Crippen LogP contribution < -0.4 is 5.32 Å². The van der Waals surface area contributed by atoms with Crippen LogP contribution in [0.15, 0.2) is 70.4 Å². The lowest BCUT2D eigenvalue weighted by molar-refractivity contribution is 0.00285. The van der Waals surface area contributed by atoms with Crippen molar-refractivity contribution in [3.8, 4) is 0 Å². The van der Waals surface area contributed by atoms with Crippen molar-refractivity contribution in [1.82, 2.24) is 10.5 Å². The molecule has 5 rings (SSSR count). The van der Waals surface area contributed by atoms with Crippen LogP contribution in [0.5, 0.6) is 0 Å². The molecule has 1 N–H and O–H groups in total. The Labute approximate surface area is 208 Å². The van der Waals surface area contributed by atoms with E-state index in [-0.39, 0.29) is 18.4 Å². The Kier molecular flexibility index (Phi) is 9.56. The van der Waals surface area contributed by atoms with Crippen molar-refractivity contribution in [2.75, 3.05) is 19.0 Å². The first-order valence-electron chi connectivity index (χ1n) is 11.5. The predicted molar refractivity (Wildman–Crippen MR) is 133 cm³/mol. The van der Waals surface area contributed by atoms with E-state index in [1.54, 1.807) is 36.6 Å². The standard InChI is InChI=1S/C20H18F2N2O2S.C4H5NO.C2H6/c21-15-6-7-16(17(22)10-15)20-12-26-9-8-14(20)11-27-19(24-20)23-18(25)13-4-2-1-3-5-13;1-4-2-3-6-5-4;1-2/h1-7,10,14H,8-9,11-12H2,(H,23,24,25);2-3H,1H3;1-2H3. The van der Waals surface area contributed by atoms with Gasteiger partial charge in [0.05, 0.1) is 12.3 Å². The summed E-state index contributed by atoms with van der Waals surface area (Å²) in [5.74, 6) is -0.823. The molecule has 2 atom stereocenters. The van der Waals surface area contributed by atoms with Gasteiger partial charge in [0.15, 0.2) is 5.17 Å². The van der Waals surface area contributed by atoms with Crippen LogP contribution >= 0.6 is 11.8 Å². The fourth-order valence-corrected chi connectivity index (χ4v) is 5.04. The summed E-state index contributed by atoms with van der Waals surface area (Å²) in [4.78, 5) is 17.2. The van der Waals surface area contributed by atoms with E-state index in [1.165, 1.54) is 23.9 Å². The number of aromatic nitrogens is 1. The monoisotopic (exact) mass is 501 g/mol. The summed E-state index contributed by atoms with van der Waals surface area (Å²) in [5.41, 5.74) is 0.792. The first-order valence-corrected chi connectivity index (χ1v) is 12.5. The zero-order chi connectivity index (χ0) is 25.3. The molecule has 0 radical (unpaired) electrons. The van der Waals surface area contributed by atoms with Crippen LogP contribution in [0.1, 0.15) is 41.9 Å². The van der Waals surface area contributed by atoms with Crippen molar-refractivity contribution in [3.63, 3.8) is 0 Å². The van der Waals surface area contributed by atoms with Gasteiger partial charge < -0.3 is 14.6 Å². The number of amides is 1. The Morgan fingerprint density at radius 1 is 1.14 bits per heavy atom. The third-order valence-corrected chi connectivity index (χ3v) is 6.59. The lowest BCUT2D eigenvalue weighted by atomic mass is 9.76. The Hall–Kier alpha value is -3.04. The summed E-state index contributed by atoms with van der Waals surface area (Å²) in [6, 6.07) is 14.2. The topological polar surface area (TPSA) is 76.7 Å². The molecule has 3 aromatic rings. The molecular formula is C26H29F2N3O3S. The fourth-order valence-electron chi connectivity index (χ4n) is 3.84. The van der Waals surface area contributed by atoms with E-state index in [2.05, 4.69) is 15.0 Å². The number of fused-ring (bicyclic) bond motifs is 1. The number of nitrogens with one attached hydrogen (secondary N) is 1. The number of amidine groups is 1. The number of carbonyl (C=O) groups excluding carboxylic acids is 1. The molecule has 9 heteroatoms. The largest absolute Gasteiger partial charge is 0.379 e. The molecule has 6 nitrogen and oxygen atoms in total. The molecule has 0 spiro atoms. The zero-order valence-electron chi connectivity index (χ0n) is 20.0. The summed E-state index contributed by atoms with van der Waals surface area (Å²) < 4.78 is 38.1. The van der Waals surface area contributed by atoms with Crippen molar-refractivity contribution < 1.29 is 22.8 Å². The van der Waals surface area contributed by atoms with Crippen molar-refractivity contribution in [1.29, 1.82) is 0 Å². The number of ether oxygens (including phenoxy) is 1. The lowest BCUT2D eigenvalue weighted by Gasteiger charge is -2.44. The second-order valence-corrected chi connectivity index (χ2v) is 8.78. The summed E-state index contributed by atoms with van der Waals surface area (Å²) in [6.45, 7) is 6.66. The number of nitrogens with zero attached hydrogens (tertiary/aromatic N) is 2. The minimum atomic E-state index is -0.958. The molecule has 0 bridgehead atoms. The van der Waals surface area contributed by atoms with Crippen LogP contribution in [-0.4, -0.2) is 35.2 Å². The van der Waals surface area contributed by atoms with Crippen LogP contribution in [0.2, 0.25) is 0 Å². The Balaban J connectivity index is 0.000000369. The molecule has 3 heterocycles. The van der Waals surface area contributed by atoms with E-state index in [0.717, 1.165) is 18.2 Å². The van der Waals surface area contributed by atoms with Gasteiger partial charge >= 0.3 is 0 Å². The number of hydrogen-bond donors (Lipinski definition) is 1. The van der Waals surface area contributed by atoms with Crippen LogP contribution in [-0.2, 0) is 10.3 Å². The maximum atomic E-state index is 14.6. The minimum absolute atomic E-state index is 0.0496. The van der Waals surface area contributed by atoms with Gasteiger partial charge in [-0.2, -0.15) is 0 Å². The summed E-state index contributed by atoms with van der Waals surface area (Å²) in [6.07, 6.45) is 2.28. The average molecular weight is 502 g/mol. The van der Waals surface area contributed by atoms with Crippen molar-refractivity contribution in [3.05, 3.63) is 89.3 Å². The number of carbonyl (C=O) groups is 1. The van der Waals surface area contributed by atoms with Crippen LogP contribution in [0.25, 0.3) is 0 Å². The van der Waals surface area contributed by atoms with Gasteiger partial charge in [-0.05, 0) is 31.5 Å². The molecule has 186 valence electrons. The smallest absolute Gasteiger partial charge is 0.257 e. The maximum Gasteiger partial charge on any atom is 0.257 e. The van der Waals surface area contributed by atoms with E-state index >= 15 is 0 Å². The van der Waals surface area contributed by atoms with Gasteiger partial charge in [-0.1, -0.05) is 55.0 Å². The third kappa shape index (κ3) is 6.55. The highest BCUT2D eigenvalue weighted by Gasteiger charge is 2.47. The molecule has 2 unspecified atom stereocenters. The van der Waals surface area contributed by atoms with Gasteiger partial charge in [-0.15, -0.1) is 0 Å². The molecule has 1 amide bonds. The van der Waals surface area contributed by atoms with E-state index in [4.69, 9.17) is 9.73 Å². The van der Waals surface area contributed by atoms with Gasteiger partial charge in [0.25, 0.3) is 5.91 Å². The predicted octanol–water partition coefficient (Wildman–Crippen LogP) is 5.74. The second-order valence-electron chi connectivity index (χ2n) is 7.78. The molecule has 0 saturated carbocycles. The van der Waals surface area contributed by atoms with E-state index in [1.807, 2.05) is 26.8 Å². The Bertz CT molecular complexity index is 1130. The molecular weight excluding hydrogens is 472 g/mol. The molecule has 2 aliphatic rings. The quantitative estimate of drug-likeness (QED) is 0.485. The van der Waals surface area contributed by atoms with Gasteiger partial charge in [0.1, 0.15) is 23.4 Å². The van der Waals surface area contributed by atoms with Crippen LogP contribution in [0.3, 0.4) is 0 Å². The van der Waals surface area contributed by atoms with Crippen molar-refractivity contribution in [2.24, 2.45) is 10.9 Å². The Morgan fingerprint density at radius 3 is 2.54 bits per heavy atom. The number of rotatable bonds is 2. The average Bonchev–Trinajstić information content (AvgIpc) is 3.36. The van der Waals surface area contributed by atoms with Crippen LogP contribution in [0.4, 0.5) is 8.78 Å². The second kappa shape index (κ2) is 12.6. The minimum Gasteiger partial charge on any atom is -0.379 e. The molecule has 1 aromatic heterocycles. The molecule has 2 aromatic carbocycles. The third-order valence-electron chi connectivity index (χ3n) is 5.55. The van der Waals surface area contributed by atoms with Gasteiger partial charge in [-0.3, -0.25) is 4.79 Å². The van der Waals surface area contributed by atoms with E-state index in [9.17, 15) is 13.6 Å². The maximum absolute atomic E-state index is 14.6. The van der Waals surface area contributed by atoms with Crippen LogP contribution in [0, 0.1) is 24.5 Å². The van der Waals surface area contributed by atoms with Crippen molar-refractivity contribution in [2.45, 2.75) is 32.7 Å². The lowest BCUT2D eigenvalue weighted by Crippen LogP contribution is -2.49. The highest BCUT2D eigenvalue weighted by molar-refractivity contribution is 8.13. The number of aryl methyl sites for hydroxylation is 1. The highest BCUT2D eigenvalue weighted by atomic mass is 32.2. The van der Waals surface area contributed by atoms with E-state index < -0.39 is 17.2 Å². The fraction of sp³-hybridized carbons (Fsp3) is 0.346. The summed E-state index contributed by atoms with van der Waals surface area (Å²) in [5, 5.41) is 6.78. The van der Waals surface area contributed by atoms with Crippen molar-refractivity contribution >= 4 is 22.8 Å². The van der Waals surface area contributed by atoms with Gasteiger partial charge in [-0.25, -0.2) is 13.8 Å². The highest BCUT2D eigenvalue weighted by Crippen LogP contribution is 2.45. The zero-order valence-corrected chi connectivity index (χ0v) is 20.8. The first kappa shape index (κ1) is 26.6. The molecule has 1 saturated heterocycles. The normalized spacial score (nSPS) is 20.7. The molecule has 2 aliphatic heterocycles. The summed E-state index contributed by atoms with van der Waals surface area (Å²) >= 11 is 1.44. The number of thioether (sulfide) groups is 1. The van der Waals surface area contributed by atoms with Gasteiger partial charge in [0.2, 0.25) is 0 Å². The molecule has 1 fully saturated rings. The number of hydrogen-bond acceptors (Lipinski definition) is 6. The SMILES string of the molecule is CC.Cc1ccon1.O=C(NC1=NC2(c3ccc(F)cc3F)COCCC2CS1)c1ccccc1. The molecule has 0 aliphatic carbocycles. The summed E-state index contributed by atoms with van der Waals surface area (Å²) in [7, 11) is 0. The van der Waals surface area contributed by atoms with Gasteiger partial charge in [0, 0.05) is 41.5 Å². The first-order chi connectivity index (χ1) is 17.0.